The monoisotopic (exact) mass is 468 g/mol. The number of ketones is 1. The lowest BCUT2D eigenvalue weighted by Crippen LogP contribution is -2.62. The van der Waals surface area contributed by atoms with Crippen molar-refractivity contribution >= 4 is 5.78 Å². The van der Waals surface area contributed by atoms with Gasteiger partial charge in [0.15, 0.2) is 0 Å². The van der Waals surface area contributed by atoms with Gasteiger partial charge in [-0.25, -0.2) is 0 Å². The summed E-state index contributed by atoms with van der Waals surface area (Å²) < 4.78 is 0. The van der Waals surface area contributed by atoms with Crippen molar-refractivity contribution in [1.82, 2.24) is 0 Å². The van der Waals surface area contributed by atoms with Crippen LogP contribution in [0, 0.1) is 46.3 Å². The van der Waals surface area contributed by atoms with E-state index in [1.54, 1.807) is 0 Å². The number of carbonyl (C=O) groups excluding carboxylic acids is 1. The van der Waals surface area contributed by atoms with E-state index in [2.05, 4.69) is 27.7 Å². The molecule has 3 rings (SSSR count). The van der Waals surface area contributed by atoms with Gasteiger partial charge in [-0.15, -0.1) is 0 Å². The first-order chi connectivity index (χ1) is 15.5. The molecule has 0 amide bonds. The van der Waals surface area contributed by atoms with Gasteiger partial charge in [-0.2, -0.15) is 0 Å². The Labute approximate surface area is 199 Å². The molecule has 3 fully saturated rings. The normalized spacial score (nSPS) is 44.8. The summed E-state index contributed by atoms with van der Waals surface area (Å²) in [6.07, 6.45) is 3.72. The number of rotatable bonds is 9. The summed E-state index contributed by atoms with van der Waals surface area (Å²) in [4.78, 5) is 14.0. The predicted molar refractivity (Wildman–Crippen MR) is 127 cm³/mol. The molecule has 33 heavy (non-hydrogen) atoms. The molecular weight excluding hydrogens is 420 g/mol. The molecule has 0 unspecified atom stereocenters. The lowest BCUT2D eigenvalue weighted by atomic mass is 9.50. The fourth-order valence-corrected chi connectivity index (χ4v) is 8.17. The molecule has 0 spiro atoms. The highest BCUT2D eigenvalue weighted by Gasteiger charge is 2.62. The van der Waals surface area contributed by atoms with E-state index < -0.39 is 42.2 Å². The van der Waals surface area contributed by atoms with Crippen LogP contribution in [0.3, 0.4) is 0 Å². The first kappa shape index (κ1) is 27.1. The number of hydrogen-bond donors (Lipinski definition) is 5. The number of carbonyl (C=O) groups is 1. The highest BCUT2D eigenvalue weighted by molar-refractivity contribution is 5.89. The SMILES string of the molecule is CC(C)CCC[C@@H](C)[C@H]1CC[C@@H]([C@@H]2C[C@@H](O)[C@@H]3C[C@H](O)[C@@H](O)C[C@]3(CO)C2=O)[C@]1(C)CCO. The number of Topliss-reactive ketones (excluding diaryl/α,β-unsaturated/α-hetero) is 1. The predicted octanol–water partition coefficient (Wildman–Crippen LogP) is 2.92. The summed E-state index contributed by atoms with van der Waals surface area (Å²) >= 11 is 0. The molecule has 0 bridgehead atoms. The van der Waals surface area contributed by atoms with Crippen LogP contribution in [0.4, 0.5) is 0 Å². The molecule has 0 aromatic carbocycles. The minimum atomic E-state index is -1.19. The van der Waals surface area contributed by atoms with Gasteiger partial charge in [-0.1, -0.05) is 47.0 Å². The maximum absolute atomic E-state index is 14.0. The Morgan fingerprint density at radius 3 is 2.24 bits per heavy atom. The fraction of sp³-hybridized carbons (Fsp3) is 0.963. The molecule has 0 heterocycles. The van der Waals surface area contributed by atoms with Crippen molar-refractivity contribution in [3.63, 3.8) is 0 Å². The second kappa shape index (κ2) is 10.6. The van der Waals surface area contributed by atoms with E-state index in [0.29, 0.717) is 30.6 Å². The molecule has 6 nitrogen and oxygen atoms in total. The molecule has 192 valence electrons. The maximum Gasteiger partial charge on any atom is 0.145 e. The van der Waals surface area contributed by atoms with Crippen molar-refractivity contribution in [1.29, 1.82) is 0 Å². The van der Waals surface area contributed by atoms with E-state index in [1.165, 1.54) is 12.8 Å². The molecule has 0 aliphatic heterocycles. The van der Waals surface area contributed by atoms with Crippen LogP contribution >= 0.6 is 0 Å². The van der Waals surface area contributed by atoms with E-state index in [1.807, 2.05) is 0 Å². The van der Waals surface area contributed by atoms with Crippen molar-refractivity contribution in [3.8, 4) is 0 Å². The third kappa shape index (κ3) is 4.93. The molecule has 6 heteroatoms. The van der Waals surface area contributed by atoms with Gasteiger partial charge in [0.25, 0.3) is 0 Å². The first-order valence-corrected chi connectivity index (χ1v) is 13.3. The Balaban J connectivity index is 1.86. The molecule has 0 aromatic heterocycles. The zero-order valence-corrected chi connectivity index (χ0v) is 21.1. The topological polar surface area (TPSA) is 118 Å². The lowest BCUT2D eigenvalue weighted by Gasteiger charge is -2.54. The molecule has 0 saturated heterocycles. The van der Waals surface area contributed by atoms with Gasteiger partial charge in [0.05, 0.1) is 30.3 Å². The summed E-state index contributed by atoms with van der Waals surface area (Å²) in [5.74, 6) is 0.668. The number of fused-ring (bicyclic) bond motifs is 1. The van der Waals surface area contributed by atoms with Gasteiger partial charge < -0.3 is 25.5 Å². The largest absolute Gasteiger partial charge is 0.396 e. The van der Waals surface area contributed by atoms with Gasteiger partial charge in [0.2, 0.25) is 0 Å². The second-order valence-electron chi connectivity index (χ2n) is 12.3. The standard InChI is InChI=1S/C27H48O6/c1-16(2)6-5-7-17(3)19-8-9-20(26(19,4)10-11-28)18-12-22(30)21-13-23(31)24(32)14-27(21,15-29)25(18)33/h16-24,28-32H,5-15H2,1-4H3/t17-,18+,19-,20+,21+,22-,23+,24+,26-,27-/m1/s1. The number of aliphatic hydroxyl groups is 5. The van der Waals surface area contributed by atoms with Crippen LogP contribution in [0.1, 0.15) is 85.5 Å². The van der Waals surface area contributed by atoms with Crippen LogP contribution in [-0.4, -0.2) is 62.8 Å². The quantitative estimate of drug-likeness (QED) is 0.355. The highest BCUT2D eigenvalue weighted by atomic mass is 16.3. The number of hydrogen-bond acceptors (Lipinski definition) is 6. The Morgan fingerprint density at radius 1 is 0.939 bits per heavy atom. The van der Waals surface area contributed by atoms with Crippen LogP contribution in [0.25, 0.3) is 0 Å². The summed E-state index contributed by atoms with van der Waals surface area (Å²) in [6.45, 7) is 8.69. The highest BCUT2D eigenvalue weighted by Crippen LogP contribution is 2.60. The van der Waals surface area contributed by atoms with Crippen LogP contribution in [-0.2, 0) is 4.79 Å². The third-order valence-corrected chi connectivity index (χ3v) is 10.0. The molecular formula is C27H48O6. The molecule has 10 atom stereocenters. The van der Waals surface area contributed by atoms with E-state index >= 15 is 0 Å². The number of aliphatic hydroxyl groups excluding tert-OH is 5. The summed E-state index contributed by atoms with van der Waals surface area (Å²) in [5, 5.41) is 52.0. The zero-order valence-electron chi connectivity index (χ0n) is 21.1. The van der Waals surface area contributed by atoms with Crippen molar-refractivity contribution in [2.45, 2.75) is 104 Å². The minimum absolute atomic E-state index is 0.000193. The molecule has 0 radical (unpaired) electrons. The molecule has 3 saturated carbocycles. The lowest BCUT2D eigenvalue weighted by molar-refractivity contribution is -0.183. The van der Waals surface area contributed by atoms with E-state index in [9.17, 15) is 30.3 Å². The molecule has 5 N–H and O–H groups in total. The van der Waals surface area contributed by atoms with Gasteiger partial charge in [0.1, 0.15) is 5.78 Å². The molecule has 3 aliphatic rings. The van der Waals surface area contributed by atoms with Crippen LogP contribution in [0.2, 0.25) is 0 Å². The Morgan fingerprint density at radius 2 is 1.64 bits per heavy atom. The Bertz CT molecular complexity index is 667. The van der Waals surface area contributed by atoms with Crippen LogP contribution in [0.5, 0.6) is 0 Å². The Kier molecular flexibility index (Phi) is 8.70. The van der Waals surface area contributed by atoms with Gasteiger partial charge in [-0.05, 0) is 67.6 Å². The Hall–Kier alpha value is -0.530. The minimum Gasteiger partial charge on any atom is -0.396 e. The zero-order chi connectivity index (χ0) is 24.6. The van der Waals surface area contributed by atoms with Gasteiger partial charge in [-0.3, -0.25) is 4.79 Å². The molecule has 0 aromatic rings. The van der Waals surface area contributed by atoms with Crippen molar-refractivity contribution in [2.24, 2.45) is 46.3 Å². The first-order valence-electron chi connectivity index (χ1n) is 13.3. The third-order valence-electron chi connectivity index (χ3n) is 10.0. The van der Waals surface area contributed by atoms with Crippen LogP contribution < -0.4 is 0 Å². The second-order valence-corrected chi connectivity index (χ2v) is 12.3. The summed E-state index contributed by atoms with van der Waals surface area (Å²) in [7, 11) is 0. The smallest absolute Gasteiger partial charge is 0.145 e. The molecule has 3 aliphatic carbocycles. The van der Waals surface area contributed by atoms with Crippen molar-refractivity contribution in [2.75, 3.05) is 13.2 Å². The maximum atomic E-state index is 14.0. The summed E-state index contributed by atoms with van der Waals surface area (Å²) in [6, 6.07) is 0. The van der Waals surface area contributed by atoms with Crippen molar-refractivity contribution in [3.05, 3.63) is 0 Å². The fourth-order valence-electron chi connectivity index (χ4n) is 8.17. The van der Waals surface area contributed by atoms with Crippen molar-refractivity contribution < 1.29 is 30.3 Å². The van der Waals surface area contributed by atoms with Crippen LogP contribution in [0.15, 0.2) is 0 Å². The van der Waals surface area contributed by atoms with Gasteiger partial charge >= 0.3 is 0 Å². The van der Waals surface area contributed by atoms with E-state index in [0.717, 1.165) is 19.3 Å². The van der Waals surface area contributed by atoms with E-state index in [-0.39, 0.29) is 36.6 Å². The average Bonchev–Trinajstić information content (AvgIpc) is 3.08. The summed E-state index contributed by atoms with van der Waals surface area (Å²) in [5.41, 5.74) is -1.40. The van der Waals surface area contributed by atoms with Gasteiger partial charge in [0, 0.05) is 18.4 Å². The van der Waals surface area contributed by atoms with E-state index in [4.69, 9.17) is 0 Å². The average molecular weight is 469 g/mol.